The van der Waals surface area contributed by atoms with Gasteiger partial charge in [-0.15, -0.1) is 0 Å². The third-order valence-corrected chi connectivity index (χ3v) is 4.92. The number of carbonyl (C=O) groups excluding carboxylic acids is 2. The molecule has 26 heavy (non-hydrogen) atoms. The van der Waals surface area contributed by atoms with E-state index < -0.39 is 23.3 Å². The van der Waals surface area contributed by atoms with Crippen molar-refractivity contribution in [2.24, 2.45) is 0 Å². The minimum Gasteiger partial charge on any atom is -0.489 e. The Hall–Kier alpha value is -2.31. The molecule has 0 aromatic heterocycles. The van der Waals surface area contributed by atoms with Gasteiger partial charge in [-0.2, -0.15) is 0 Å². The maximum absolute atomic E-state index is 13.6. The fourth-order valence-corrected chi connectivity index (χ4v) is 3.01. The van der Waals surface area contributed by atoms with Crippen LogP contribution < -0.4 is 10.1 Å². The van der Waals surface area contributed by atoms with Crippen LogP contribution >= 0.6 is 23.2 Å². The van der Waals surface area contributed by atoms with E-state index in [0.29, 0.717) is 10.6 Å². The summed E-state index contributed by atoms with van der Waals surface area (Å²) in [5.41, 5.74) is -0.744. The lowest BCUT2D eigenvalue weighted by atomic mass is 9.92. The summed E-state index contributed by atoms with van der Waals surface area (Å²) in [5.74, 6) is -0.893. The molecule has 1 unspecified atom stereocenters. The maximum atomic E-state index is 13.6. The third-order valence-electron chi connectivity index (χ3n) is 4.18. The van der Waals surface area contributed by atoms with Crippen molar-refractivity contribution in [2.45, 2.75) is 12.5 Å². The maximum Gasteiger partial charge on any atom is 0.325 e. The SMILES string of the molecule is CC1(c2ccc(Cl)c(Cl)c2)NC(=O)N(CCOc2ccccc2F)C1=O. The number of ether oxygens (including phenoxy) is 1. The highest BCUT2D eigenvalue weighted by Crippen LogP contribution is 2.32. The molecule has 1 N–H and O–H groups in total. The molecule has 2 aromatic rings. The van der Waals surface area contributed by atoms with E-state index in [4.69, 9.17) is 27.9 Å². The molecule has 5 nitrogen and oxygen atoms in total. The molecular weight excluding hydrogens is 382 g/mol. The quantitative estimate of drug-likeness (QED) is 0.777. The molecule has 3 rings (SSSR count). The number of nitrogens with zero attached hydrogens (tertiary/aromatic N) is 1. The van der Waals surface area contributed by atoms with Gasteiger partial charge in [-0.05, 0) is 36.8 Å². The summed E-state index contributed by atoms with van der Waals surface area (Å²) < 4.78 is 18.9. The topological polar surface area (TPSA) is 58.6 Å². The van der Waals surface area contributed by atoms with Gasteiger partial charge in [-0.25, -0.2) is 9.18 Å². The van der Waals surface area contributed by atoms with Crippen molar-refractivity contribution in [3.05, 3.63) is 63.9 Å². The molecule has 0 spiro atoms. The Labute approximate surface area is 159 Å². The second kappa shape index (κ2) is 7.13. The predicted molar refractivity (Wildman–Crippen MR) is 96.0 cm³/mol. The molecule has 1 fully saturated rings. The summed E-state index contributed by atoms with van der Waals surface area (Å²) in [6.45, 7) is 1.54. The fourth-order valence-electron chi connectivity index (χ4n) is 2.71. The first-order valence-electron chi connectivity index (χ1n) is 7.80. The number of nitrogens with one attached hydrogen (secondary N) is 1. The van der Waals surface area contributed by atoms with E-state index in [9.17, 15) is 14.0 Å². The Morgan fingerprint density at radius 3 is 2.58 bits per heavy atom. The van der Waals surface area contributed by atoms with Crippen LogP contribution in [-0.2, 0) is 10.3 Å². The lowest BCUT2D eigenvalue weighted by Crippen LogP contribution is -2.41. The van der Waals surface area contributed by atoms with Crippen LogP contribution in [0.25, 0.3) is 0 Å². The van der Waals surface area contributed by atoms with Crippen LogP contribution in [0.4, 0.5) is 9.18 Å². The standard InChI is InChI=1S/C18H15Cl2FN2O3/c1-18(11-6-7-12(19)13(20)10-11)16(24)23(17(25)22-18)8-9-26-15-5-3-2-4-14(15)21/h2-7,10H,8-9H2,1H3,(H,22,25). The molecule has 136 valence electrons. The smallest absolute Gasteiger partial charge is 0.325 e. The number of imide groups is 1. The van der Waals surface area contributed by atoms with E-state index >= 15 is 0 Å². The number of hydrogen-bond acceptors (Lipinski definition) is 3. The molecule has 0 saturated carbocycles. The second-order valence-electron chi connectivity index (χ2n) is 5.92. The average molecular weight is 397 g/mol. The number of urea groups is 1. The zero-order valence-electron chi connectivity index (χ0n) is 13.8. The Bertz CT molecular complexity index is 877. The molecule has 3 amide bonds. The van der Waals surface area contributed by atoms with Gasteiger partial charge in [0, 0.05) is 0 Å². The van der Waals surface area contributed by atoms with E-state index in [1.54, 1.807) is 37.3 Å². The average Bonchev–Trinajstić information content (AvgIpc) is 2.83. The van der Waals surface area contributed by atoms with Crippen molar-refractivity contribution in [3.8, 4) is 5.75 Å². The summed E-state index contributed by atoms with van der Waals surface area (Å²) in [6, 6.07) is 10.1. The normalized spacial score (nSPS) is 19.6. The van der Waals surface area contributed by atoms with Crippen molar-refractivity contribution < 1.29 is 18.7 Å². The molecule has 8 heteroatoms. The Kier molecular flexibility index (Phi) is 5.07. The van der Waals surface area contributed by atoms with Gasteiger partial charge in [0.1, 0.15) is 12.1 Å². The molecule has 1 saturated heterocycles. The van der Waals surface area contributed by atoms with Crippen molar-refractivity contribution in [2.75, 3.05) is 13.2 Å². The molecular formula is C18H15Cl2FN2O3. The first-order valence-corrected chi connectivity index (χ1v) is 8.55. The number of amides is 3. The van der Waals surface area contributed by atoms with Crippen LogP contribution in [0.3, 0.4) is 0 Å². The Morgan fingerprint density at radius 1 is 1.15 bits per heavy atom. The number of benzene rings is 2. The minimum absolute atomic E-state index is 0.0179. The number of para-hydroxylation sites is 1. The van der Waals surface area contributed by atoms with Crippen LogP contribution in [0.15, 0.2) is 42.5 Å². The van der Waals surface area contributed by atoms with Crippen LogP contribution in [-0.4, -0.2) is 30.0 Å². The zero-order valence-corrected chi connectivity index (χ0v) is 15.3. The third kappa shape index (κ3) is 3.34. The van der Waals surface area contributed by atoms with E-state index in [2.05, 4.69) is 5.32 Å². The van der Waals surface area contributed by atoms with Crippen molar-refractivity contribution in [1.29, 1.82) is 0 Å². The van der Waals surface area contributed by atoms with E-state index in [1.165, 1.54) is 12.1 Å². The van der Waals surface area contributed by atoms with Crippen LogP contribution in [0.1, 0.15) is 12.5 Å². The van der Waals surface area contributed by atoms with Gasteiger partial charge >= 0.3 is 6.03 Å². The zero-order chi connectivity index (χ0) is 18.9. The molecule has 1 heterocycles. The highest BCUT2D eigenvalue weighted by Gasteiger charge is 2.48. The summed E-state index contributed by atoms with van der Waals surface area (Å²) in [4.78, 5) is 26.1. The Balaban J connectivity index is 1.72. The summed E-state index contributed by atoms with van der Waals surface area (Å²) in [7, 11) is 0. The van der Waals surface area contributed by atoms with Crippen molar-refractivity contribution in [3.63, 3.8) is 0 Å². The second-order valence-corrected chi connectivity index (χ2v) is 6.73. The van der Waals surface area contributed by atoms with E-state index in [1.807, 2.05) is 0 Å². The van der Waals surface area contributed by atoms with Gasteiger partial charge in [-0.3, -0.25) is 9.69 Å². The van der Waals surface area contributed by atoms with Crippen LogP contribution in [0.5, 0.6) is 5.75 Å². The minimum atomic E-state index is -1.26. The predicted octanol–water partition coefficient (Wildman–Crippen LogP) is 3.98. The molecule has 0 radical (unpaired) electrons. The van der Waals surface area contributed by atoms with Crippen molar-refractivity contribution >= 4 is 35.1 Å². The summed E-state index contributed by atoms with van der Waals surface area (Å²) in [5, 5.41) is 3.30. The lowest BCUT2D eigenvalue weighted by Gasteiger charge is -2.22. The number of halogens is 3. The highest BCUT2D eigenvalue weighted by molar-refractivity contribution is 6.42. The van der Waals surface area contributed by atoms with Gasteiger partial charge in [0.2, 0.25) is 0 Å². The molecule has 0 bridgehead atoms. The Morgan fingerprint density at radius 2 is 1.88 bits per heavy atom. The highest BCUT2D eigenvalue weighted by atomic mass is 35.5. The first-order chi connectivity index (χ1) is 12.3. The molecule has 0 aliphatic carbocycles. The van der Waals surface area contributed by atoms with Gasteiger partial charge in [-0.1, -0.05) is 41.4 Å². The van der Waals surface area contributed by atoms with E-state index in [0.717, 1.165) is 4.90 Å². The fraction of sp³-hybridized carbons (Fsp3) is 0.222. The number of hydrogen-bond donors (Lipinski definition) is 1. The van der Waals surface area contributed by atoms with Gasteiger partial charge in [0.15, 0.2) is 11.6 Å². The lowest BCUT2D eigenvalue weighted by molar-refractivity contribution is -0.131. The molecule has 2 aromatic carbocycles. The van der Waals surface area contributed by atoms with E-state index in [-0.39, 0.29) is 23.9 Å². The summed E-state index contributed by atoms with van der Waals surface area (Å²) in [6.07, 6.45) is 0. The van der Waals surface area contributed by atoms with Gasteiger partial charge in [0.25, 0.3) is 5.91 Å². The largest absolute Gasteiger partial charge is 0.489 e. The molecule has 1 aliphatic rings. The monoisotopic (exact) mass is 396 g/mol. The molecule has 1 aliphatic heterocycles. The van der Waals surface area contributed by atoms with Crippen molar-refractivity contribution in [1.82, 2.24) is 10.2 Å². The number of carbonyl (C=O) groups is 2. The molecule has 1 atom stereocenters. The number of rotatable bonds is 5. The van der Waals surface area contributed by atoms with Crippen LogP contribution in [0.2, 0.25) is 10.0 Å². The van der Waals surface area contributed by atoms with Crippen LogP contribution in [0, 0.1) is 5.82 Å². The first kappa shape index (κ1) is 18.5. The summed E-state index contributed by atoms with van der Waals surface area (Å²) >= 11 is 11.9. The van der Waals surface area contributed by atoms with Gasteiger partial charge in [0.05, 0.1) is 16.6 Å². The van der Waals surface area contributed by atoms with Gasteiger partial charge < -0.3 is 10.1 Å².